The van der Waals surface area contributed by atoms with E-state index in [9.17, 15) is 9.59 Å². The van der Waals surface area contributed by atoms with Crippen LogP contribution in [0.25, 0.3) is 0 Å². The third kappa shape index (κ3) is 2.20. The molecule has 64 valence electrons. The molecule has 0 aromatic rings. The minimum absolute atomic E-state index is 0.423. The molecular weight excluding hydrogens is 168 g/mol. The third-order valence-electron chi connectivity index (χ3n) is 1.54. The van der Waals surface area contributed by atoms with Crippen molar-refractivity contribution in [1.82, 2.24) is 0 Å². The molecule has 4 nitrogen and oxygen atoms in total. The lowest BCUT2D eigenvalue weighted by molar-refractivity contribution is 0.562. The molecule has 1 rings (SSSR count). The molecule has 0 saturated carbocycles. The van der Waals surface area contributed by atoms with Crippen LogP contribution in [-0.4, -0.2) is 18.2 Å². The van der Waals surface area contributed by atoms with Gasteiger partial charge in [-0.05, 0) is 17.7 Å². The summed E-state index contributed by atoms with van der Waals surface area (Å²) in [5, 5.41) is 0. The zero-order chi connectivity index (χ0) is 9.68. The average molecular weight is 174 g/mol. The van der Waals surface area contributed by atoms with E-state index >= 15 is 0 Å². The van der Waals surface area contributed by atoms with Gasteiger partial charge in [-0.15, -0.1) is 0 Å². The Labute approximate surface area is 74.7 Å². The van der Waals surface area contributed by atoms with Crippen LogP contribution >= 0.6 is 0 Å². The maximum absolute atomic E-state index is 9.99. The molecule has 0 N–H and O–H groups in total. The van der Waals surface area contributed by atoms with E-state index in [1.807, 2.05) is 0 Å². The molecule has 1 aliphatic rings. The highest BCUT2D eigenvalue weighted by Crippen LogP contribution is 2.17. The second kappa shape index (κ2) is 4.12. The standard InChI is InChI=1S/C9H6N2O2/c1-7-2-3-8(10-5-12)4-9(7)11-6-13/h2-4,9H,1H2. The lowest BCUT2D eigenvalue weighted by Crippen LogP contribution is -2.05. The number of hydrogen-bond acceptors (Lipinski definition) is 4. The molecule has 1 unspecified atom stereocenters. The van der Waals surface area contributed by atoms with Gasteiger partial charge in [-0.2, -0.15) is 9.98 Å². The molecule has 0 aliphatic heterocycles. The van der Waals surface area contributed by atoms with Crippen LogP contribution < -0.4 is 0 Å². The minimum atomic E-state index is -0.463. The lowest BCUT2D eigenvalue weighted by Gasteiger charge is -2.09. The molecule has 0 radical (unpaired) electrons. The third-order valence-corrected chi connectivity index (χ3v) is 1.54. The van der Waals surface area contributed by atoms with Gasteiger partial charge in [0.15, 0.2) is 0 Å². The zero-order valence-electron chi connectivity index (χ0n) is 6.73. The molecule has 0 aromatic heterocycles. The fourth-order valence-electron chi connectivity index (χ4n) is 0.920. The van der Waals surface area contributed by atoms with E-state index in [4.69, 9.17) is 0 Å². The van der Waals surface area contributed by atoms with E-state index in [1.165, 1.54) is 18.2 Å². The van der Waals surface area contributed by atoms with Crippen molar-refractivity contribution >= 4 is 12.2 Å². The quantitative estimate of drug-likeness (QED) is 0.463. The highest BCUT2D eigenvalue weighted by molar-refractivity contribution is 5.47. The smallest absolute Gasteiger partial charge is 0.211 e. The van der Waals surface area contributed by atoms with Crippen LogP contribution in [-0.2, 0) is 9.59 Å². The molecule has 1 atom stereocenters. The maximum atomic E-state index is 9.99. The van der Waals surface area contributed by atoms with Gasteiger partial charge in [-0.3, -0.25) is 0 Å². The van der Waals surface area contributed by atoms with Gasteiger partial charge < -0.3 is 0 Å². The summed E-state index contributed by atoms with van der Waals surface area (Å²) in [4.78, 5) is 26.8. The Bertz CT molecular complexity index is 380. The first-order valence-corrected chi connectivity index (χ1v) is 3.51. The summed E-state index contributed by atoms with van der Waals surface area (Å²) in [6, 6.07) is -0.463. The van der Waals surface area contributed by atoms with Crippen LogP contribution in [0.1, 0.15) is 0 Å². The van der Waals surface area contributed by atoms with Crippen molar-refractivity contribution < 1.29 is 9.59 Å². The van der Waals surface area contributed by atoms with E-state index in [-0.39, 0.29) is 0 Å². The predicted molar refractivity (Wildman–Crippen MR) is 46.4 cm³/mol. The molecular formula is C9H6N2O2. The molecule has 0 amide bonds. The van der Waals surface area contributed by atoms with Crippen molar-refractivity contribution in [1.29, 1.82) is 0 Å². The summed E-state index contributed by atoms with van der Waals surface area (Å²) in [7, 11) is 0. The van der Waals surface area contributed by atoms with Crippen LogP contribution in [0.5, 0.6) is 0 Å². The largest absolute Gasteiger partial charge is 0.240 e. The number of isocyanates is 2. The number of hydrogen-bond donors (Lipinski definition) is 0. The van der Waals surface area contributed by atoms with Crippen molar-refractivity contribution in [3.63, 3.8) is 0 Å². The van der Waals surface area contributed by atoms with Gasteiger partial charge in [-0.25, -0.2) is 9.59 Å². The molecule has 0 bridgehead atoms. The predicted octanol–water partition coefficient (Wildman–Crippen LogP) is 1.04. The first kappa shape index (κ1) is 9.07. The van der Waals surface area contributed by atoms with Crippen LogP contribution in [0.4, 0.5) is 0 Å². The van der Waals surface area contributed by atoms with Crippen LogP contribution in [0.3, 0.4) is 0 Å². The highest BCUT2D eigenvalue weighted by Gasteiger charge is 2.10. The second-order valence-corrected chi connectivity index (χ2v) is 2.37. The summed E-state index contributed by atoms with van der Waals surface area (Å²) in [6.45, 7) is 3.66. The fraction of sp³-hybridized carbons (Fsp3) is 0.111. The summed E-state index contributed by atoms with van der Waals surface area (Å²) in [5.74, 6) is 0. The number of carbonyl (C=O) groups excluding carboxylic acids is 2. The van der Waals surface area contributed by atoms with E-state index in [1.54, 1.807) is 12.2 Å². The van der Waals surface area contributed by atoms with E-state index in [0.717, 1.165) is 0 Å². The van der Waals surface area contributed by atoms with Crippen molar-refractivity contribution in [3.8, 4) is 0 Å². The summed E-state index contributed by atoms with van der Waals surface area (Å²) < 4.78 is 0. The Kier molecular flexibility index (Phi) is 2.87. The topological polar surface area (TPSA) is 58.9 Å². The normalized spacial score (nSPS) is 19.8. The number of allylic oxidation sites excluding steroid dienone is 1. The molecule has 0 fully saturated rings. The molecule has 13 heavy (non-hydrogen) atoms. The maximum Gasteiger partial charge on any atom is 0.240 e. The lowest BCUT2D eigenvalue weighted by atomic mass is 10.0. The molecule has 1 aliphatic carbocycles. The van der Waals surface area contributed by atoms with Crippen LogP contribution in [0.2, 0.25) is 0 Å². The van der Waals surface area contributed by atoms with Crippen LogP contribution in [0, 0.1) is 0 Å². The first-order chi connectivity index (χ1) is 6.27. The van der Waals surface area contributed by atoms with E-state index in [0.29, 0.717) is 11.3 Å². The monoisotopic (exact) mass is 174 g/mol. The van der Waals surface area contributed by atoms with Crippen molar-refractivity contribution in [3.05, 3.63) is 36.1 Å². The number of rotatable bonds is 2. The SMILES string of the molecule is C=C1C=CC(N=C=O)=CC1N=C=O. The summed E-state index contributed by atoms with van der Waals surface area (Å²) in [5.41, 5.74) is 1.08. The fourth-order valence-corrected chi connectivity index (χ4v) is 0.920. The van der Waals surface area contributed by atoms with Gasteiger partial charge in [0.05, 0.1) is 5.70 Å². The number of aliphatic imine (C=N–C) groups is 2. The van der Waals surface area contributed by atoms with Crippen molar-refractivity contribution in [2.45, 2.75) is 6.04 Å². The molecule has 0 heterocycles. The molecule has 4 heteroatoms. The number of nitrogens with zero attached hydrogens (tertiary/aromatic N) is 2. The molecule has 0 spiro atoms. The van der Waals surface area contributed by atoms with Gasteiger partial charge in [0.2, 0.25) is 12.2 Å². The van der Waals surface area contributed by atoms with Gasteiger partial charge in [0, 0.05) is 0 Å². The Morgan fingerprint density at radius 1 is 1.31 bits per heavy atom. The molecule has 0 saturated heterocycles. The zero-order valence-corrected chi connectivity index (χ0v) is 6.73. The summed E-state index contributed by atoms with van der Waals surface area (Å²) >= 11 is 0. The van der Waals surface area contributed by atoms with Gasteiger partial charge in [0.25, 0.3) is 0 Å². The highest BCUT2D eigenvalue weighted by atomic mass is 16.1. The van der Waals surface area contributed by atoms with Crippen molar-refractivity contribution in [2.24, 2.45) is 9.98 Å². The Balaban J connectivity index is 2.98. The van der Waals surface area contributed by atoms with Gasteiger partial charge >= 0.3 is 0 Å². The van der Waals surface area contributed by atoms with Crippen molar-refractivity contribution in [2.75, 3.05) is 0 Å². The van der Waals surface area contributed by atoms with Gasteiger partial charge in [0.1, 0.15) is 6.04 Å². The Morgan fingerprint density at radius 3 is 2.69 bits per heavy atom. The van der Waals surface area contributed by atoms with Crippen LogP contribution in [0.15, 0.2) is 46.1 Å². The van der Waals surface area contributed by atoms with E-state index in [2.05, 4.69) is 16.6 Å². The summed E-state index contributed by atoms with van der Waals surface area (Å²) in [6.07, 6.45) is 7.61. The minimum Gasteiger partial charge on any atom is -0.211 e. The van der Waals surface area contributed by atoms with Gasteiger partial charge in [-0.1, -0.05) is 12.7 Å². The molecule has 0 aromatic carbocycles. The van der Waals surface area contributed by atoms with E-state index < -0.39 is 6.04 Å². The Morgan fingerprint density at radius 2 is 2.08 bits per heavy atom. The second-order valence-electron chi connectivity index (χ2n) is 2.37. The average Bonchev–Trinajstić information content (AvgIpc) is 2.12. The Hall–Kier alpha value is -2.02. The first-order valence-electron chi connectivity index (χ1n) is 3.51.